The molecule has 22 heavy (non-hydrogen) atoms. The van der Waals surface area contributed by atoms with Gasteiger partial charge in [-0.1, -0.05) is 24.4 Å². The minimum absolute atomic E-state index is 0.00236. The summed E-state index contributed by atoms with van der Waals surface area (Å²) in [6, 6.07) is 4.58. The van der Waals surface area contributed by atoms with E-state index < -0.39 is 0 Å². The molecule has 2 fully saturated rings. The van der Waals surface area contributed by atoms with Gasteiger partial charge in [0.2, 0.25) is 0 Å². The highest BCUT2D eigenvalue weighted by atomic mass is 35.5. The van der Waals surface area contributed by atoms with Crippen molar-refractivity contribution in [1.82, 2.24) is 10.2 Å². The van der Waals surface area contributed by atoms with Crippen molar-refractivity contribution in [3.8, 4) is 5.75 Å². The number of nitrogens with one attached hydrogen (secondary N) is 1. The van der Waals surface area contributed by atoms with Crippen LogP contribution in [0.25, 0.3) is 0 Å². The molecule has 5 heteroatoms. The summed E-state index contributed by atoms with van der Waals surface area (Å²) in [5.74, 6) is -0.116. The van der Waals surface area contributed by atoms with Crippen LogP contribution in [0.3, 0.4) is 0 Å². The van der Waals surface area contributed by atoms with E-state index in [-0.39, 0.29) is 22.2 Å². The number of carbonyl (C=O) groups is 1. The Morgan fingerprint density at radius 3 is 2.55 bits per heavy atom. The first-order chi connectivity index (χ1) is 10.6. The van der Waals surface area contributed by atoms with Crippen LogP contribution >= 0.6 is 11.6 Å². The van der Waals surface area contributed by atoms with E-state index in [0.717, 1.165) is 13.1 Å². The molecule has 1 aliphatic heterocycles. The van der Waals surface area contributed by atoms with E-state index in [4.69, 9.17) is 11.6 Å². The SMILES string of the molecule is O=C(NCC1(N2CCCC2)CCCC1)c1ccc(O)c(Cl)c1. The number of nitrogens with zero attached hydrogens (tertiary/aromatic N) is 1. The maximum atomic E-state index is 12.4. The lowest BCUT2D eigenvalue weighted by molar-refractivity contribution is 0.0860. The van der Waals surface area contributed by atoms with Crippen LogP contribution in [-0.4, -0.2) is 41.1 Å². The van der Waals surface area contributed by atoms with Crippen LogP contribution in [0, 0.1) is 0 Å². The molecule has 1 aliphatic carbocycles. The Morgan fingerprint density at radius 1 is 1.23 bits per heavy atom. The van der Waals surface area contributed by atoms with Gasteiger partial charge >= 0.3 is 0 Å². The molecule has 0 bridgehead atoms. The summed E-state index contributed by atoms with van der Waals surface area (Å²) in [5, 5.41) is 12.7. The number of benzene rings is 1. The number of carbonyl (C=O) groups excluding carboxylic acids is 1. The highest BCUT2D eigenvalue weighted by Gasteiger charge is 2.40. The van der Waals surface area contributed by atoms with E-state index in [2.05, 4.69) is 10.2 Å². The number of phenols is 1. The zero-order valence-electron chi connectivity index (χ0n) is 12.8. The fraction of sp³-hybridized carbons (Fsp3) is 0.588. The number of likely N-dealkylation sites (tertiary alicyclic amines) is 1. The normalized spacial score (nSPS) is 21.1. The summed E-state index contributed by atoms with van der Waals surface area (Å²) in [7, 11) is 0. The molecule has 1 aromatic rings. The molecule has 0 atom stereocenters. The molecule has 0 radical (unpaired) electrons. The lowest BCUT2D eigenvalue weighted by Gasteiger charge is -2.39. The van der Waals surface area contributed by atoms with Gasteiger partial charge in [-0.15, -0.1) is 0 Å². The summed E-state index contributed by atoms with van der Waals surface area (Å²) < 4.78 is 0. The smallest absolute Gasteiger partial charge is 0.251 e. The molecule has 1 heterocycles. The Morgan fingerprint density at radius 2 is 1.91 bits per heavy atom. The largest absolute Gasteiger partial charge is 0.506 e. The Kier molecular flexibility index (Phi) is 4.59. The fourth-order valence-corrected chi connectivity index (χ4v) is 4.00. The van der Waals surface area contributed by atoms with Crippen molar-refractivity contribution in [2.45, 2.75) is 44.1 Å². The highest BCUT2D eigenvalue weighted by molar-refractivity contribution is 6.32. The van der Waals surface area contributed by atoms with E-state index >= 15 is 0 Å². The standard InChI is InChI=1S/C17H23ClN2O2/c18-14-11-13(5-6-15(14)21)16(22)19-12-17(7-1-2-8-17)20-9-3-4-10-20/h5-6,11,21H,1-4,7-10,12H2,(H,19,22). The molecule has 1 saturated carbocycles. The molecule has 2 N–H and O–H groups in total. The van der Waals surface area contributed by atoms with Crippen molar-refractivity contribution >= 4 is 17.5 Å². The number of hydrogen-bond donors (Lipinski definition) is 2. The van der Waals surface area contributed by atoms with E-state index in [9.17, 15) is 9.90 Å². The minimum Gasteiger partial charge on any atom is -0.506 e. The first-order valence-corrected chi connectivity index (χ1v) is 8.50. The second kappa shape index (κ2) is 6.47. The molecule has 0 spiro atoms. The third-order valence-corrected chi connectivity index (χ3v) is 5.40. The first-order valence-electron chi connectivity index (χ1n) is 8.13. The lowest BCUT2D eigenvalue weighted by atomic mass is 9.95. The van der Waals surface area contributed by atoms with E-state index in [0.29, 0.717) is 12.1 Å². The van der Waals surface area contributed by atoms with Gasteiger partial charge in [0.15, 0.2) is 0 Å². The molecule has 1 saturated heterocycles. The summed E-state index contributed by atoms with van der Waals surface area (Å²) >= 11 is 5.88. The molecule has 0 unspecified atom stereocenters. The lowest BCUT2D eigenvalue weighted by Crippen LogP contribution is -2.53. The predicted molar refractivity (Wildman–Crippen MR) is 87.5 cm³/mol. The van der Waals surface area contributed by atoms with E-state index in [1.54, 1.807) is 6.07 Å². The second-order valence-corrected chi connectivity index (χ2v) is 6.88. The van der Waals surface area contributed by atoms with Crippen LogP contribution in [0.2, 0.25) is 5.02 Å². The van der Waals surface area contributed by atoms with Crippen molar-refractivity contribution in [1.29, 1.82) is 0 Å². The zero-order valence-corrected chi connectivity index (χ0v) is 13.5. The fourth-order valence-electron chi connectivity index (χ4n) is 3.82. The van der Waals surface area contributed by atoms with Gasteiger partial charge < -0.3 is 10.4 Å². The van der Waals surface area contributed by atoms with Gasteiger partial charge in [-0.2, -0.15) is 0 Å². The molecule has 1 aromatic carbocycles. The Hall–Kier alpha value is -1.26. The van der Waals surface area contributed by atoms with Crippen LogP contribution < -0.4 is 5.32 Å². The number of hydrogen-bond acceptors (Lipinski definition) is 3. The van der Waals surface area contributed by atoms with E-state index in [1.807, 2.05) is 0 Å². The maximum absolute atomic E-state index is 12.4. The third kappa shape index (κ3) is 3.08. The number of phenolic OH excluding ortho intramolecular Hbond substituents is 1. The summed E-state index contributed by atoms with van der Waals surface area (Å²) in [4.78, 5) is 14.9. The predicted octanol–water partition coefficient (Wildman–Crippen LogP) is 3.18. The summed E-state index contributed by atoms with van der Waals surface area (Å²) in [6.45, 7) is 3.01. The molecular formula is C17H23ClN2O2. The topological polar surface area (TPSA) is 52.6 Å². The Bertz CT molecular complexity index is 550. The van der Waals surface area contributed by atoms with Gasteiger partial charge in [0.05, 0.1) is 5.02 Å². The molecule has 3 rings (SSSR count). The Balaban J connectivity index is 1.66. The van der Waals surface area contributed by atoms with Crippen molar-refractivity contribution in [2.24, 2.45) is 0 Å². The van der Waals surface area contributed by atoms with Crippen molar-refractivity contribution in [3.63, 3.8) is 0 Å². The molecule has 120 valence electrons. The monoisotopic (exact) mass is 322 g/mol. The van der Waals surface area contributed by atoms with E-state index in [1.165, 1.54) is 50.7 Å². The Labute approximate surface area is 136 Å². The van der Waals surface area contributed by atoms with Gasteiger partial charge in [0.1, 0.15) is 5.75 Å². The molecule has 4 nitrogen and oxygen atoms in total. The van der Waals surface area contributed by atoms with Crippen LogP contribution in [0.15, 0.2) is 18.2 Å². The van der Waals surface area contributed by atoms with Crippen molar-refractivity contribution in [2.75, 3.05) is 19.6 Å². The third-order valence-electron chi connectivity index (χ3n) is 5.10. The van der Waals surface area contributed by atoms with Crippen molar-refractivity contribution < 1.29 is 9.90 Å². The van der Waals surface area contributed by atoms with Crippen molar-refractivity contribution in [3.05, 3.63) is 28.8 Å². The van der Waals surface area contributed by atoms with Gasteiger partial charge in [-0.05, 0) is 57.0 Å². The van der Waals surface area contributed by atoms with Crippen LogP contribution in [0.5, 0.6) is 5.75 Å². The van der Waals surface area contributed by atoms with Gasteiger partial charge in [0.25, 0.3) is 5.91 Å². The quantitative estimate of drug-likeness (QED) is 0.895. The number of amides is 1. The summed E-state index contributed by atoms with van der Waals surface area (Å²) in [5.41, 5.74) is 0.643. The second-order valence-electron chi connectivity index (χ2n) is 6.47. The van der Waals surface area contributed by atoms with Crippen LogP contribution in [-0.2, 0) is 0 Å². The molecule has 1 amide bonds. The van der Waals surface area contributed by atoms with Crippen LogP contribution in [0.1, 0.15) is 48.9 Å². The molecular weight excluding hydrogens is 300 g/mol. The van der Waals surface area contributed by atoms with Gasteiger partial charge in [-0.3, -0.25) is 9.69 Å². The average Bonchev–Trinajstić information content (AvgIpc) is 3.19. The zero-order chi connectivity index (χ0) is 15.6. The van der Waals surface area contributed by atoms with Crippen LogP contribution in [0.4, 0.5) is 0 Å². The maximum Gasteiger partial charge on any atom is 0.251 e. The van der Waals surface area contributed by atoms with Gasteiger partial charge in [-0.25, -0.2) is 0 Å². The number of halogens is 1. The summed E-state index contributed by atoms with van der Waals surface area (Å²) in [6.07, 6.45) is 7.37. The number of rotatable bonds is 4. The minimum atomic E-state index is -0.118. The van der Waals surface area contributed by atoms with Gasteiger partial charge in [0, 0.05) is 17.6 Å². The average molecular weight is 323 g/mol. The highest BCUT2D eigenvalue weighted by Crippen LogP contribution is 2.37. The molecule has 0 aromatic heterocycles. The molecule has 2 aliphatic rings. The number of aromatic hydroxyl groups is 1. The first kappa shape index (κ1) is 15.6.